The van der Waals surface area contributed by atoms with Crippen molar-refractivity contribution in [3.05, 3.63) is 58.6 Å². The summed E-state index contributed by atoms with van der Waals surface area (Å²) in [6.45, 7) is 5.99. The number of hydrogen-bond donors (Lipinski definition) is 0. The van der Waals surface area contributed by atoms with Crippen LogP contribution in [0.15, 0.2) is 42.5 Å². The van der Waals surface area contributed by atoms with Crippen molar-refractivity contribution in [2.45, 2.75) is 26.7 Å². The molecule has 4 heteroatoms. The number of aryl methyl sites for hydroxylation is 1. The minimum Gasteiger partial charge on any atom is -0.482 e. The van der Waals surface area contributed by atoms with Gasteiger partial charge in [0.2, 0.25) is 0 Å². The molecule has 116 valence electrons. The zero-order valence-electron chi connectivity index (χ0n) is 12.9. The number of benzene rings is 2. The largest absolute Gasteiger partial charge is 0.482 e. The van der Waals surface area contributed by atoms with Crippen molar-refractivity contribution in [1.29, 1.82) is 0 Å². The zero-order chi connectivity index (χ0) is 16.1. The number of esters is 1. The molecule has 3 nitrogen and oxygen atoms in total. The van der Waals surface area contributed by atoms with E-state index < -0.39 is 5.97 Å². The maximum absolute atomic E-state index is 11.9. The van der Waals surface area contributed by atoms with Crippen molar-refractivity contribution >= 4 is 17.6 Å². The molecule has 0 saturated heterocycles. The predicted molar refractivity (Wildman–Crippen MR) is 87.9 cm³/mol. The molecule has 0 N–H and O–H groups in total. The van der Waals surface area contributed by atoms with Crippen LogP contribution < -0.4 is 9.47 Å². The Morgan fingerprint density at radius 3 is 2.55 bits per heavy atom. The molecule has 2 aromatic carbocycles. The first-order valence-electron chi connectivity index (χ1n) is 7.16. The molecule has 0 spiro atoms. The van der Waals surface area contributed by atoms with Crippen molar-refractivity contribution in [1.82, 2.24) is 0 Å². The number of para-hydroxylation sites is 1. The van der Waals surface area contributed by atoms with Gasteiger partial charge in [-0.15, -0.1) is 0 Å². The van der Waals surface area contributed by atoms with Crippen molar-refractivity contribution in [2.75, 3.05) is 6.61 Å². The van der Waals surface area contributed by atoms with Gasteiger partial charge in [0.05, 0.1) is 5.02 Å². The van der Waals surface area contributed by atoms with Crippen LogP contribution in [0.1, 0.15) is 30.9 Å². The minimum atomic E-state index is -0.482. The van der Waals surface area contributed by atoms with Gasteiger partial charge in [-0.05, 0) is 42.2 Å². The Labute approximate surface area is 135 Å². The Balaban J connectivity index is 2.02. The number of carbonyl (C=O) groups is 1. The number of carbonyl (C=O) groups excluding carboxylic acids is 1. The van der Waals surface area contributed by atoms with E-state index >= 15 is 0 Å². The molecular formula is C18H19ClO3. The first-order chi connectivity index (χ1) is 10.5. The van der Waals surface area contributed by atoms with Gasteiger partial charge in [0.1, 0.15) is 11.5 Å². The second-order valence-corrected chi connectivity index (χ2v) is 5.80. The van der Waals surface area contributed by atoms with Crippen molar-refractivity contribution < 1.29 is 14.3 Å². The van der Waals surface area contributed by atoms with Crippen LogP contribution in [0.3, 0.4) is 0 Å². The van der Waals surface area contributed by atoms with E-state index in [4.69, 9.17) is 21.1 Å². The van der Waals surface area contributed by atoms with E-state index in [1.807, 2.05) is 25.1 Å². The topological polar surface area (TPSA) is 35.5 Å². The van der Waals surface area contributed by atoms with Crippen molar-refractivity contribution in [3.63, 3.8) is 0 Å². The monoisotopic (exact) mass is 318 g/mol. The summed E-state index contributed by atoms with van der Waals surface area (Å²) in [5.74, 6) is 0.886. The molecule has 2 rings (SSSR count). The second kappa shape index (κ2) is 7.32. The molecule has 2 aromatic rings. The first-order valence-corrected chi connectivity index (χ1v) is 7.53. The van der Waals surface area contributed by atoms with E-state index in [9.17, 15) is 4.79 Å². The van der Waals surface area contributed by atoms with Crippen LogP contribution in [0, 0.1) is 6.92 Å². The van der Waals surface area contributed by atoms with Gasteiger partial charge in [-0.3, -0.25) is 0 Å². The summed E-state index contributed by atoms with van der Waals surface area (Å²) in [6, 6.07) is 12.8. The minimum absolute atomic E-state index is 0.158. The smallest absolute Gasteiger partial charge is 0.349 e. The van der Waals surface area contributed by atoms with Crippen LogP contribution in [0.4, 0.5) is 0 Å². The summed E-state index contributed by atoms with van der Waals surface area (Å²) >= 11 is 5.96. The van der Waals surface area contributed by atoms with Crippen molar-refractivity contribution in [3.8, 4) is 11.5 Å². The predicted octanol–water partition coefficient (Wildman–Crippen LogP) is 4.76. The van der Waals surface area contributed by atoms with Gasteiger partial charge in [-0.2, -0.15) is 0 Å². The number of halogens is 1. The molecule has 0 aliphatic heterocycles. The maximum atomic E-state index is 11.9. The molecule has 0 radical (unpaired) electrons. The Morgan fingerprint density at radius 1 is 1.14 bits per heavy atom. The molecule has 0 heterocycles. The molecule has 0 bridgehead atoms. The Kier molecular flexibility index (Phi) is 5.45. The third kappa shape index (κ3) is 4.25. The van der Waals surface area contributed by atoms with Gasteiger partial charge >= 0.3 is 5.97 Å². The Morgan fingerprint density at radius 2 is 1.86 bits per heavy atom. The molecular weight excluding hydrogens is 300 g/mol. The van der Waals surface area contributed by atoms with Gasteiger partial charge in [0.25, 0.3) is 0 Å². The van der Waals surface area contributed by atoms with E-state index in [0.717, 1.165) is 11.1 Å². The number of ether oxygens (including phenoxy) is 2. The molecule has 0 atom stereocenters. The molecule has 0 unspecified atom stereocenters. The summed E-state index contributed by atoms with van der Waals surface area (Å²) in [5, 5.41) is 0.397. The normalized spacial score (nSPS) is 10.6. The van der Waals surface area contributed by atoms with Crippen LogP contribution in [0.5, 0.6) is 11.5 Å². The van der Waals surface area contributed by atoms with Crippen LogP contribution in [0.25, 0.3) is 0 Å². The second-order valence-electron chi connectivity index (χ2n) is 5.39. The number of rotatable bonds is 5. The number of hydrogen-bond acceptors (Lipinski definition) is 3. The summed E-state index contributed by atoms with van der Waals surface area (Å²) < 4.78 is 10.8. The maximum Gasteiger partial charge on any atom is 0.349 e. The van der Waals surface area contributed by atoms with Gasteiger partial charge in [-0.1, -0.05) is 49.7 Å². The van der Waals surface area contributed by atoms with E-state index in [-0.39, 0.29) is 6.61 Å². The van der Waals surface area contributed by atoms with E-state index in [1.165, 1.54) is 0 Å². The van der Waals surface area contributed by atoms with Gasteiger partial charge in [0, 0.05) is 0 Å². The lowest BCUT2D eigenvalue weighted by Crippen LogP contribution is -2.18. The van der Waals surface area contributed by atoms with E-state index in [0.29, 0.717) is 22.4 Å². The third-order valence-electron chi connectivity index (χ3n) is 3.20. The van der Waals surface area contributed by atoms with E-state index in [2.05, 4.69) is 13.8 Å². The first kappa shape index (κ1) is 16.4. The molecule has 0 saturated carbocycles. The average molecular weight is 319 g/mol. The lowest BCUT2D eigenvalue weighted by Gasteiger charge is -2.14. The molecule has 0 aromatic heterocycles. The van der Waals surface area contributed by atoms with Gasteiger partial charge < -0.3 is 9.47 Å². The molecule has 22 heavy (non-hydrogen) atoms. The summed E-state index contributed by atoms with van der Waals surface area (Å²) in [4.78, 5) is 11.9. The summed E-state index contributed by atoms with van der Waals surface area (Å²) in [7, 11) is 0. The lowest BCUT2D eigenvalue weighted by molar-refractivity contribution is -0.136. The highest BCUT2D eigenvalue weighted by Crippen LogP contribution is 2.28. The molecule has 0 amide bonds. The Hall–Kier alpha value is -2.00. The summed E-state index contributed by atoms with van der Waals surface area (Å²) in [6.07, 6.45) is 0. The summed E-state index contributed by atoms with van der Waals surface area (Å²) in [5.41, 5.74) is 2.15. The van der Waals surface area contributed by atoms with Crippen LogP contribution in [-0.4, -0.2) is 12.6 Å². The van der Waals surface area contributed by atoms with E-state index in [1.54, 1.807) is 24.3 Å². The van der Waals surface area contributed by atoms with Gasteiger partial charge in [-0.25, -0.2) is 4.79 Å². The van der Waals surface area contributed by atoms with Crippen LogP contribution in [-0.2, 0) is 4.79 Å². The van der Waals surface area contributed by atoms with Crippen LogP contribution >= 0.6 is 11.6 Å². The fraction of sp³-hybridized carbons (Fsp3) is 0.278. The Bertz CT molecular complexity index is 665. The average Bonchev–Trinajstić information content (AvgIpc) is 2.47. The molecule has 0 aliphatic rings. The zero-order valence-corrected chi connectivity index (χ0v) is 13.7. The standard InChI is InChI=1S/C18H19ClO3/c1-12(2)14-9-8-13(3)10-17(14)21-11-18(20)22-16-7-5-4-6-15(16)19/h4-10,12H,11H2,1-3H3. The van der Waals surface area contributed by atoms with Crippen molar-refractivity contribution in [2.24, 2.45) is 0 Å². The SMILES string of the molecule is Cc1ccc(C(C)C)c(OCC(=O)Oc2ccccc2Cl)c1. The lowest BCUT2D eigenvalue weighted by atomic mass is 10.0. The molecule has 0 fully saturated rings. The highest BCUT2D eigenvalue weighted by Gasteiger charge is 2.12. The highest BCUT2D eigenvalue weighted by molar-refractivity contribution is 6.32. The quantitative estimate of drug-likeness (QED) is 0.589. The fourth-order valence-corrected chi connectivity index (χ4v) is 2.23. The highest BCUT2D eigenvalue weighted by atomic mass is 35.5. The van der Waals surface area contributed by atoms with Crippen LogP contribution in [0.2, 0.25) is 5.02 Å². The van der Waals surface area contributed by atoms with Gasteiger partial charge in [0.15, 0.2) is 6.61 Å². The fourth-order valence-electron chi connectivity index (χ4n) is 2.06. The third-order valence-corrected chi connectivity index (χ3v) is 3.51. The molecule has 0 aliphatic carbocycles.